The molecule has 1 heterocycles. The van der Waals surface area contributed by atoms with Crippen molar-refractivity contribution >= 4 is 46.8 Å². The molecule has 3 rings (SSSR count). The van der Waals surface area contributed by atoms with Crippen molar-refractivity contribution in [1.82, 2.24) is 4.90 Å². The molecule has 0 aromatic heterocycles. The van der Waals surface area contributed by atoms with E-state index < -0.39 is 5.25 Å². The van der Waals surface area contributed by atoms with Gasteiger partial charge in [0, 0.05) is 25.6 Å². The van der Waals surface area contributed by atoms with Crippen molar-refractivity contribution in [3.8, 4) is 0 Å². The Kier molecular flexibility index (Phi) is 12.9. The van der Waals surface area contributed by atoms with Crippen LogP contribution < -0.4 is 18.9 Å². The Morgan fingerprint density at radius 2 is 2.03 bits per heavy atom. The zero-order valence-corrected chi connectivity index (χ0v) is 19.3. The summed E-state index contributed by atoms with van der Waals surface area (Å²) >= 11 is 7.05. The fraction of sp³-hybridized carbons (Fsp3) is 0.304. The van der Waals surface area contributed by atoms with Crippen LogP contribution in [0.5, 0.6) is 0 Å². The van der Waals surface area contributed by atoms with Crippen LogP contribution in [0.1, 0.15) is 29.7 Å². The third-order valence-electron chi connectivity index (χ3n) is 4.59. The molecule has 0 aliphatic carbocycles. The van der Waals surface area contributed by atoms with E-state index >= 15 is 0 Å². The summed E-state index contributed by atoms with van der Waals surface area (Å²) in [7, 11) is 0. The Morgan fingerprint density at radius 3 is 2.65 bits per heavy atom. The molecule has 0 spiro atoms. The van der Waals surface area contributed by atoms with Gasteiger partial charge in [0.15, 0.2) is 0 Å². The van der Waals surface area contributed by atoms with Gasteiger partial charge in [-0.15, -0.1) is 23.4 Å². The van der Waals surface area contributed by atoms with E-state index in [4.69, 9.17) is 11.6 Å². The van der Waals surface area contributed by atoms with Gasteiger partial charge in [0.1, 0.15) is 0 Å². The Labute approximate surface area is 205 Å². The third-order valence-corrected chi connectivity index (χ3v) is 5.73. The molecule has 0 radical (unpaired) electrons. The molecule has 1 aliphatic rings. The van der Waals surface area contributed by atoms with Crippen LogP contribution in [-0.2, 0) is 9.59 Å². The summed E-state index contributed by atoms with van der Waals surface area (Å²) in [5.74, 6) is 0.0934. The first kappa shape index (κ1) is 27.5. The van der Waals surface area contributed by atoms with E-state index in [0.717, 1.165) is 23.7 Å². The molecule has 0 bridgehead atoms. The van der Waals surface area contributed by atoms with Gasteiger partial charge in [-0.25, -0.2) is 11.8 Å². The van der Waals surface area contributed by atoms with E-state index in [9.17, 15) is 14.7 Å². The Hall–Kier alpha value is -1.55. The van der Waals surface area contributed by atoms with Crippen LogP contribution in [0.4, 0.5) is 5.69 Å². The van der Waals surface area contributed by atoms with Gasteiger partial charge >= 0.3 is 18.9 Å². The number of carbonyl (C=O) groups is 1. The molecule has 2 aromatic carbocycles. The maximum Gasteiger partial charge on any atom is 1.00 e. The van der Waals surface area contributed by atoms with E-state index in [1.54, 1.807) is 24.0 Å². The normalized spacial score (nSPS) is 16.3. The van der Waals surface area contributed by atoms with Gasteiger partial charge in [-0.3, -0.25) is 4.79 Å². The molecule has 2 aromatic rings. The minimum Gasteiger partial charge on any atom is -0.446 e. The van der Waals surface area contributed by atoms with E-state index in [0.29, 0.717) is 23.8 Å². The monoisotopic (exact) mass is 450 g/mol. The molecule has 1 fully saturated rings. The fourth-order valence-electron chi connectivity index (χ4n) is 3.05. The number of aliphatic imine (C=N–C) groups is 1. The molecule has 5 nitrogen and oxygen atoms in total. The summed E-state index contributed by atoms with van der Waals surface area (Å²) in [6, 6.07) is 14.2. The molecule has 1 saturated heterocycles. The maximum atomic E-state index is 13.1. The molecule has 160 valence electrons. The van der Waals surface area contributed by atoms with Crippen molar-refractivity contribution in [1.29, 1.82) is 0 Å². The minimum absolute atomic E-state index is 0. The minimum atomic E-state index is -0.502. The molecule has 31 heavy (non-hydrogen) atoms. The summed E-state index contributed by atoms with van der Waals surface area (Å²) in [5, 5.41) is 9.27. The van der Waals surface area contributed by atoms with Crippen molar-refractivity contribution < 1.29 is 33.6 Å². The van der Waals surface area contributed by atoms with Crippen molar-refractivity contribution in [2.24, 2.45) is 10.9 Å². The predicted octanol–water partition coefficient (Wildman–Crippen LogP) is 1.49. The average Bonchev–Trinajstić information content (AvgIpc) is 3.28. The van der Waals surface area contributed by atoms with Crippen LogP contribution in [0.2, 0.25) is 5.02 Å². The number of carbonyl (C=O) groups excluding carboxylic acids is 2. The molecule has 1 aliphatic heterocycles. The first-order valence-electron chi connectivity index (χ1n) is 9.56. The maximum absolute atomic E-state index is 13.1. The molecule has 1 amide bonds. The van der Waals surface area contributed by atoms with Crippen LogP contribution in [0.15, 0.2) is 53.5 Å². The van der Waals surface area contributed by atoms with Crippen LogP contribution in [0.25, 0.3) is 0 Å². The van der Waals surface area contributed by atoms with Crippen molar-refractivity contribution in [3.05, 3.63) is 71.6 Å². The van der Waals surface area contributed by atoms with Crippen molar-refractivity contribution in [2.45, 2.75) is 18.6 Å². The number of amides is 1. The van der Waals surface area contributed by atoms with Gasteiger partial charge in [-0.05, 0) is 17.0 Å². The summed E-state index contributed by atoms with van der Waals surface area (Å²) in [6.07, 6.45) is 2.61. The summed E-state index contributed by atoms with van der Waals surface area (Å²) in [6.45, 7) is 6.27. The molecule has 8 heteroatoms. The second-order valence-corrected chi connectivity index (χ2v) is 7.82. The number of rotatable bonds is 7. The van der Waals surface area contributed by atoms with Crippen LogP contribution >= 0.6 is 23.4 Å². The van der Waals surface area contributed by atoms with Gasteiger partial charge in [0.2, 0.25) is 5.91 Å². The number of aliphatic hydroxyl groups is 1. The van der Waals surface area contributed by atoms with E-state index in [1.807, 2.05) is 36.6 Å². The van der Waals surface area contributed by atoms with Gasteiger partial charge in [0.25, 0.3) is 0 Å². The smallest absolute Gasteiger partial charge is 0.446 e. The Morgan fingerprint density at radius 1 is 1.32 bits per heavy atom. The van der Waals surface area contributed by atoms with Gasteiger partial charge in [0.05, 0.1) is 11.5 Å². The van der Waals surface area contributed by atoms with Crippen molar-refractivity contribution in [3.63, 3.8) is 0 Å². The molecule has 0 saturated carbocycles. The summed E-state index contributed by atoms with van der Waals surface area (Å²) in [4.78, 5) is 30.1. The quantitative estimate of drug-likeness (QED) is 0.300. The van der Waals surface area contributed by atoms with Crippen LogP contribution in [-0.4, -0.2) is 47.4 Å². The molecule has 2 atom stereocenters. The topological polar surface area (TPSA) is 70.0 Å². The van der Waals surface area contributed by atoms with E-state index in [1.165, 1.54) is 6.07 Å². The Balaban J connectivity index is 0.00000156. The second kappa shape index (κ2) is 14.5. The number of aliphatic hydroxyl groups excluding tert-OH is 1. The average molecular weight is 451 g/mol. The van der Waals surface area contributed by atoms with Gasteiger partial charge in [-0.2, -0.15) is 12.5 Å². The number of benzene rings is 2. The van der Waals surface area contributed by atoms with Crippen LogP contribution in [0, 0.1) is 12.8 Å². The van der Waals surface area contributed by atoms with E-state index in [-0.39, 0.29) is 42.9 Å². The number of hydrogen-bond acceptors (Lipinski definition) is 5. The Bertz CT molecular complexity index is 867. The standard InChI is InChI=1S/C21H19ClN2O3S.C2H5.Li/c22-18-6-7-19(17(10-18)13-26)23-14-28-20(16-4-2-1-3-5-16)21(27)24-9-8-15(11-24)12-25;1-2;/h1-7,10,15,20,25H,8-9,11-12H2;1H2,2H3;/q-2;-1;+1/t15-,20?;;/m0../s1. The number of thioether (sulfide) groups is 1. The molecule has 1 N–H and O–H groups in total. The zero-order valence-electron chi connectivity index (χ0n) is 17.8. The number of halogens is 1. The van der Waals surface area contributed by atoms with Gasteiger partial charge < -0.3 is 26.7 Å². The first-order valence-corrected chi connectivity index (χ1v) is 10.8. The number of nitrogens with zero attached hydrogens (tertiary/aromatic N) is 2. The largest absolute Gasteiger partial charge is 1.00 e. The second-order valence-electron chi connectivity index (χ2n) is 6.50. The van der Waals surface area contributed by atoms with Crippen molar-refractivity contribution in [2.75, 3.05) is 19.7 Å². The molecule has 1 unspecified atom stereocenters. The van der Waals surface area contributed by atoms with E-state index in [2.05, 4.69) is 17.5 Å². The number of hydrogen-bond donors (Lipinski definition) is 1. The fourth-order valence-corrected chi connectivity index (χ4v) is 4.02. The summed E-state index contributed by atoms with van der Waals surface area (Å²) in [5.41, 5.74) is 4.34. The first-order chi connectivity index (χ1) is 14.6. The summed E-state index contributed by atoms with van der Waals surface area (Å²) < 4.78 is 0. The predicted molar refractivity (Wildman–Crippen MR) is 123 cm³/mol. The SMILES string of the molecule is O=[C-]c1cc(Cl)ccc1N=[C-]SC(C(=O)N1CC[C@H](CO)C1)c1ccccc1.[CH2-]C.[Li+]. The third kappa shape index (κ3) is 7.82. The van der Waals surface area contributed by atoms with Gasteiger partial charge in [-0.1, -0.05) is 48.0 Å². The molecular formula is C23H24ClLiN2O3S-2. The number of likely N-dealkylation sites (tertiary alicyclic amines) is 1. The zero-order chi connectivity index (χ0) is 21.9. The molecular weight excluding hydrogens is 427 g/mol. The van der Waals surface area contributed by atoms with Crippen LogP contribution in [0.3, 0.4) is 0 Å².